The average Bonchev–Trinajstić information content (AvgIpc) is 3.35. The minimum atomic E-state index is -0.506. The van der Waals surface area contributed by atoms with E-state index < -0.39 is 5.41 Å². The Morgan fingerprint density at radius 2 is 1.20 bits per heavy atom. The van der Waals surface area contributed by atoms with E-state index >= 15 is 0 Å². The summed E-state index contributed by atoms with van der Waals surface area (Å²) >= 11 is 1.84. The molecule has 3 heteroatoms. The second kappa shape index (κ2) is 7.97. The predicted molar refractivity (Wildman–Crippen MR) is 162 cm³/mol. The third-order valence-corrected chi connectivity index (χ3v) is 9.87. The van der Waals surface area contributed by atoms with Gasteiger partial charge in [-0.15, -0.1) is 0 Å². The molecule has 0 bridgehead atoms. The van der Waals surface area contributed by atoms with Gasteiger partial charge in [0.25, 0.3) is 0 Å². The molecule has 40 heavy (non-hydrogen) atoms. The molecule has 1 spiro atoms. The number of nitrogens with zero attached hydrogens (tertiary/aromatic N) is 1. The van der Waals surface area contributed by atoms with Crippen LogP contribution in [0.25, 0.3) is 38.6 Å². The Morgan fingerprint density at radius 1 is 0.525 bits per heavy atom. The van der Waals surface area contributed by atoms with Crippen LogP contribution in [0, 0.1) is 5.82 Å². The van der Waals surface area contributed by atoms with Gasteiger partial charge in [0.05, 0.1) is 22.1 Å². The van der Waals surface area contributed by atoms with Gasteiger partial charge < -0.3 is 4.57 Å². The minimum absolute atomic E-state index is 0.219. The van der Waals surface area contributed by atoms with Crippen molar-refractivity contribution in [3.05, 3.63) is 162 Å². The number of para-hydroxylation sites is 3. The van der Waals surface area contributed by atoms with Gasteiger partial charge in [-0.3, -0.25) is 0 Å². The van der Waals surface area contributed by atoms with Crippen molar-refractivity contribution < 1.29 is 4.39 Å². The van der Waals surface area contributed by atoms with E-state index in [4.69, 9.17) is 0 Å². The summed E-state index contributed by atoms with van der Waals surface area (Å²) in [5.41, 5.74) is 10.5. The molecule has 3 heterocycles. The van der Waals surface area contributed by atoms with Crippen LogP contribution in [0.5, 0.6) is 0 Å². The van der Waals surface area contributed by atoms with Crippen molar-refractivity contribution in [3.63, 3.8) is 0 Å². The van der Waals surface area contributed by atoms with Crippen LogP contribution in [-0.2, 0) is 5.41 Å². The van der Waals surface area contributed by atoms with Gasteiger partial charge in [-0.2, -0.15) is 0 Å². The van der Waals surface area contributed by atoms with Gasteiger partial charge in [-0.05, 0) is 75.8 Å². The molecule has 0 saturated heterocycles. The largest absolute Gasteiger partial charge is 0.309 e. The zero-order chi connectivity index (χ0) is 26.4. The number of benzene rings is 6. The summed E-state index contributed by atoms with van der Waals surface area (Å²) in [7, 11) is 0. The van der Waals surface area contributed by atoms with E-state index in [0.29, 0.717) is 0 Å². The standard InChI is InChI=1S/C37H22FNS/c38-25-19-16-23(17-20-25)24-18-21-35-31(22-24)37(29-11-3-6-15-34(29)40-35)28-10-2-5-14-33(28)39-32-13-4-1-8-26(32)27-9-7-12-30(37)36(27)39/h1-22H. The van der Waals surface area contributed by atoms with Crippen LogP contribution in [0.4, 0.5) is 4.39 Å². The van der Waals surface area contributed by atoms with Crippen molar-refractivity contribution >= 4 is 33.6 Å². The molecule has 1 unspecified atom stereocenters. The fraction of sp³-hybridized carbons (Fsp3) is 0.0270. The van der Waals surface area contributed by atoms with Gasteiger partial charge in [0.1, 0.15) is 5.82 Å². The fourth-order valence-electron chi connectivity index (χ4n) is 7.15. The maximum Gasteiger partial charge on any atom is 0.123 e. The Hall–Kier alpha value is -4.60. The number of aromatic nitrogens is 1. The highest BCUT2D eigenvalue weighted by Gasteiger charge is 2.49. The Labute approximate surface area is 235 Å². The topological polar surface area (TPSA) is 4.93 Å². The van der Waals surface area contributed by atoms with Gasteiger partial charge >= 0.3 is 0 Å². The summed E-state index contributed by atoms with van der Waals surface area (Å²) in [5.74, 6) is -0.219. The molecule has 7 aromatic rings. The first-order valence-corrected chi connectivity index (χ1v) is 14.4. The Kier molecular flexibility index (Phi) is 4.43. The summed E-state index contributed by atoms with van der Waals surface area (Å²) in [6.07, 6.45) is 0. The van der Waals surface area contributed by atoms with Crippen molar-refractivity contribution in [1.82, 2.24) is 4.57 Å². The number of halogens is 1. The molecule has 2 aliphatic heterocycles. The summed E-state index contributed by atoms with van der Waals surface area (Å²) < 4.78 is 16.3. The normalized spacial score (nSPS) is 16.6. The molecule has 0 N–H and O–H groups in total. The van der Waals surface area contributed by atoms with Crippen LogP contribution in [0.3, 0.4) is 0 Å². The molecule has 6 aromatic carbocycles. The molecule has 0 radical (unpaired) electrons. The molecule has 1 nitrogen and oxygen atoms in total. The Morgan fingerprint density at radius 3 is 2.10 bits per heavy atom. The maximum atomic E-state index is 13.8. The summed E-state index contributed by atoms with van der Waals surface area (Å²) in [4.78, 5) is 2.53. The van der Waals surface area contributed by atoms with Gasteiger partial charge in [0, 0.05) is 20.6 Å². The molecule has 0 amide bonds. The van der Waals surface area contributed by atoms with Crippen molar-refractivity contribution in [3.8, 4) is 16.8 Å². The first-order valence-electron chi connectivity index (χ1n) is 13.6. The molecule has 1 aromatic heterocycles. The summed E-state index contributed by atoms with van der Waals surface area (Å²) in [6, 6.07) is 47.0. The lowest BCUT2D eigenvalue weighted by Crippen LogP contribution is -2.37. The highest BCUT2D eigenvalue weighted by atomic mass is 32.2. The lowest BCUT2D eigenvalue weighted by atomic mass is 9.62. The number of fused-ring (bicyclic) bond motifs is 11. The molecule has 2 aliphatic rings. The van der Waals surface area contributed by atoms with Gasteiger partial charge in [0.15, 0.2) is 0 Å². The monoisotopic (exact) mass is 531 g/mol. The number of hydrogen-bond donors (Lipinski definition) is 0. The number of rotatable bonds is 1. The van der Waals surface area contributed by atoms with Crippen LogP contribution >= 0.6 is 11.8 Å². The molecule has 0 fully saturated rings. The molecule has 0 saturated carbocycles. The lowest BCUT2D eigenvalue weighted by Gasteiger charge is -2.45. The highest BCUT2D eigenvalue weighted by Crippen LogP contribution is 2.60. The van der Waals surface area contributed by atoms with Crippen molar-refractivity contribution in [1.29, 1.82) is 0 Å². The van der Waals surface area contributed by atoms with Gasteiger partial charge in [-0.1, -0.05) is 103 Å². The Bertz CT molecular complexity index is 2160. The predicted octanol–water partition coefficient (Wildman–Crippen LogP) is 9.75. The van der Waals surface area contributed by atoms with Crippen LogP contribution in [0.15, 0.2) is 143 Å². The van der Waals surface area contributed by atoms with E-state index in [0.717, 1.165) is 11.1 Å². The zero-order valence-corrected chi connectivity index (χ0v) is 22.3. The van der Waals surface area contributed by atoms with Crippen molar-refractivity contribution in [2.24, 2.45) is 0 Å². The quantitative estimate of drug-likeness (QED) is 0.204. The van der Waals surface area contributed by atoms with E-state index in [2.05, 4.69) is 114 Å². The first kappa shape index (κ1) is 22.2. The molecular weight excluding hydrogens is 509 g/mol. The zero-order valence-electron chi connectivity index (χ0n) is 21.4. The van der Waals surface area contributed by atoms with Crippen LogP contribution < -0.4 is 0 Å². The minimum Gasteiger partial charge on any atom is -0.309 e. The van der Waals surface area contributed by atoms with E-state index in [1.165, 1.54) is 59.5 Å². The third-order valence-electron chi connectivity index (χ3n) is 8.72. The molecular formula is C37H22FNS. The maximum absolute atomic E-state index is 13.8. The smallest absolute Gasteiger partial charge is 0.123 e. The molecule has 0 aliphatic carbocycles. The second-order valence-corrected chi connectivity index (χ2v) is 11.7. The third kappa shape index (κ3) is 2.73. The van der Waals surface area contributed by atoms with Crippen molar-refractivity contribution in [2.45, 2.75) is 15.2 Å². The van der Waals surface area contributed by atoms with E-state index in [9.17, 15) is 4.39 Å². The molecule has 9 rings (SSSR count). The van der Waals surface area contributed by atoms with Gasteiger partial charge in [0.2, 0.25) is 0 Å². The average molecular weight is 532 g/mol. The van der Waals surface area contributed by atoms with Crippen molar-refractivity contribution in [2.75, 3.05) is 0 Å². The molecule has 188 valence electrons. The van der Waals surface area contributed by atoms with E-state index in [1.807, 2.05) is 23.9 Å². The second-order valence-electron chi connectivity index (χ2n) is 10.6. The van der Waals surface area contributed by atoms with Crippen LogP contribution in [0.2, 0.25) is 0 Å². The first-order chi connectivity index (χ1) is 19.7. The summed E-state index contributed by atoms with van der Waals surface area (Å²) in [6.45, 7) is 0. The van der Waals surface area contributed by atoms with E-state index in [-0.39, 0.29) is 5.82 Å². The summed E-state index contributed by atoms with van der Waals surface area (Å²) in [5, 5.41) is 2.54. The Balaban J connectivity index is 1.49. The van der Waals surface area contributed by atoms with Crippen LogP contribution in [-0.4, -0.2) is 4.57 Å². The van der Waals surface area contributed by atoms with Gasteiger partial charge in [-0.25, -0.2) is 4.39 Å². The molecule has 1 atom stereocenters. The highest BCUT2D eigenvalue weighted by molar-refractivity contribution is 7.99. The lowest BCUT2D eigenvalue weighted by molar-refractivity contribution is 0.628. The number of hydrogen-bond acceptors (Lipinski definition) is 1. The van der Waals surface area contributed by atoms with Crippen LogP contribution in [0.1, 0.15) is 22.3 Å². The SMILES string of the molecule is Fc1ccc(-c2ccc3c(c2)C2(c4ccccc4S3)c3ccccc3-n3c4ccccc4c4cccc2c43)cc1. The van der Waals surface area contributed by atoms with E-state index in [1.54, 1.807) is 12.1 Å². The fourth-order valence-corrected chi connectivity index (χ4v) is 8.32.